The van der Waals surface area contributed by atoms with Crippen molar-refractivity contribution in [2.75, 3.05) is 6.61 Å². The maximum absolute atomic E-state index is 8.70. The van der Waals surface area contributed by atoms with Crippen molar-refractivity contribution in [1.29, 1.82) is 5.26 Å². The van der Waals surface area contributed by atoms with E-state index in [0.717, 1.165) is 25.0 Å². The van der Waals surface area contributed by atoms with E-state index in [4.69, 9.17) is 10.00 Å². The minimum Gasteiger partial charge on any atom is -0.463 e. The second-order valence-corrected chi connectivity index (χ2v) is 3.34. The molecule has 0 saturated heterocycles. The highest BCUT2D eigenvalue weighted by molar-refractivity contribution is 5.23. The highest BCUT2D eigenvalue weighted by atomic mass is 16.5. The van der Waals surface area contributed by atoms with E-state index in [-0.39, 0.29) is 0 Å². The van der Waals surface area contributed by atoms with Crippen LogP contribution in [0.1, 0.15) is 37.6 Å². The van der Waals surface area contributed by atoms with Gasteiger partial charge in [-0.15, -0.1) is 0 Å². The Morgan fingerprint density at radius 3 is 2.87 bits per heavy atom. The summed E-state index contributed by atoms with van der Waals surface area (Å²) in [5, 5.41) is 8.70. The van der Waals surface area contributed by atoms with Crippen molar-refractivity contribution >= 4 is 0 Å². The fourth-order valence-corrected chi connectivity index (χ4v) is 1.18. The Labute approximate surface area is 89.9 Å². The molecule has 4 nitrogen and oxygen atoms in total. The average molecular weight is 205 g/mol. The fraction of sp³-hybridized carbons (Fsp3) is 0.545. The van der Waals surface area contributed by atoms with Gasteiger partial charge < -0.3 is 4.74 Å². The van der Waals surface area contributed by atoms with Crippen LogP contribution in [0.5, 0.6) is 6.01 Å². The van der Waals surface area contributed by atoms with Crippen molar-refractivity contribution in [1.82, 2.24) is 9.97 Å². The zero-order chi connectivity index (χ0) is 11.1. The number of rotatable bonds is 5. The van der Waals surface area contributed by atoms with Crippen LogP contribution in [0.4, 0.5) is 0 Å². The number of hydrogen-bond acceptors (Lipinski definition) is 4. The van der Waals surface area contributed by atoms with E-state index in [9.17, 15) is 0 Å². The lowest BCUT2D eigenvalue weighted by Crippen LogP contribution is -2.03. The van der Waals surface area contributed by atoms with E-state index < -0.39 is 0 Å². The molecule has 0 amide bonds. The van der Waals surface area contributed by atoms with Crippen LogP contribution in [0.25, 0.3) is 0 Å². The van der Waals surface area contributed by atoms with Gasteiger partial charge in [-0.05, 0) is 19.4 Å². The molecule has 0 fully saturated rings. The summed E-state index contributed by atoms with van der Waals surface area (Å²) in [5.74, 6) is 0. The van der Waals surface area contributed by atoms with Crippen molar-refractivity contribution in [3.63, 3.8) is 0 Å². The Balaban J connectivity index is 2.54. The topological polar surface area (TPSA) is 58.8 Å². The van der Waals surface area contributed by atoms with Crippen molar-refractivity contribution in [3.8, 4) is 12.1 Å². The fourth-order valence-electron chi connectivity index (χ4n) is 1.18. The van der Waals surface area contributed by atoms with Crippen molar-refractivity contribution in [3.05, 3.63) is 17.5 Å². The van der Waals surface area contributed by atoms with Crippen LogP contribution in [-0.4, -0.2) is 16.6 Å². The van der Waals surface area contributed by atoms with Gasteiger partial charge in [-0.3, -0.25) is 0 Å². The number of ether oxygens (including phenoxy) is 1. The molecular formula is C11H15N3O. The quantitative estimate of drug-likeness (QED) is 0.691. The molecule has 15 heavy (non-hydrogen) atoms. The molecule has 0 aliphatic carbocycles. The summed E-state index contributed by atoms with van der Waals surface area (Å²) in [6.07, 6.45) is 3.29. The van der Waals surface area contributed by atoms with E-state index in [2.05, 4.69) is 16.9 Å². The maximum Gasteiger partial charge on any atom is 0.317 e. The number of aromatic nitrogens is 2. The third-order valence-electron chi connectivity index (χ3n) is 1.93. The van der Waals surface area contributed by atoms with Crippen LogP contribution in [0.2, 0.25) is 0 Å². The van der Waals surface area contributed by atoms with Crippen LogP contribution >= 0.6 is 0 Å². The average Bonchev–Trinajstić information content (AvgIpc) is 2.23. The predicted molar refractivity (Wildman–Crippen MR) is 56.5 cm³/mol. The Hall–Kier alpha value is -1.63. The first-order valence-electron chi connectivity index (χ1n) is 5.15. The molecule has 0 aliphatic rings. The minimum absolute atomic E-state index is 0.308. The van der Waals surface area contributed by atoms with Gasteiger partial charge in [0.2, 0.25) is 0 Å². The zero-order valence-electron chi connectivity index (χ0n) is 9.16. The van der Waals surface area contributed by atoms with Gasteiger partial charge in [0.1, 0.15) is 11.8 Å². The monoisotopic (exact) mass is 205 g/mol. The molecule has 80 valence electrons. The summed E-state index contributed by atoms with van der Waals surface area (Å²) in [5.41, 5.74) is 1.11. The number of hydrogen-bond donors (Lipinski definition) is 0. The number of unbranched alkanes of at least 4 members (excludes halogenated alkanes) is 2. The summed E-state index contributed by atoms with van der Waals surface area (Å²) in [4.78, 5) is 8.05. The number of aryl methyl sites for hydroxylation is 1. The van der Waals surface area contributed by atoms with E-state index in [1.165, 1.54) is 0 Å². The van der Waals surface area contributed by atoms with Crippen molar-refractivity contribution < 1.29 is 4.74 Å². The zero-order valence-corrected chi connectivity index (χ0v) is 9.16. The summed E-state index contributed by atoms with van der Waals surface area (Å²) in [6, 6.07) is 3.92. The first-order chi connectivity index (χ1) is 7.26. The molecule has 0 saturated carbocycles. The molecule has 0 bridgehead atoms. The van der Waals surface area contributed by atoms with E-state index in [0.29, 0.717) is 18.3 Å². The molecule has 0 aromatic carbocycles. The Bertz CT molecular complexity index is 357. The molecule has 0 radical (unpaired) electrons. The lowest BCUT2D eigenvalue weighted by molar-refractivity contribution is 0.282. The lowest BCUT2D eigenvalue weighted by atomic mass is 10.3. The van der Waals surface area contributed by atoms with Crippen LogP contribution in [-0.2, 0) is 0 Å². The normalized spacial score (nSPS) is 9.67. The second-order valence-electron chi connectivity index (χ2n) is 3.34. The summed E-state index contributed by atoms with van der Waals surface area (Å²) >= 11 is 0. The van der Waals surface area contributed by atoms with Crippen molar-refractivity contribution in [2.24, 2.45) is 0 Å². The highest BCUT2D eigenvalue weighted by Crippen LogP contribution is 2.07. The molecule has 4 heteroatoms. The van der Waals surface area contributed by atoms with Crippen LogP contribution < -0.4 is 4.74 Å². The molecule has 0 unspecified atom stereocenters. The third kappa shape index (κ3) is 3.94. The summed E-state index contributed by atoms with van der Waals surface area (Å²) in [7, 11) is 0. The Morgan fingerprint density at radius 1 is 1.40 bits per heavy atom. The number of nitrogens with zero attached hydrogens (tertiary/aromatic N) is 3. The van der Waals surface area contributed by atoms with Gasteiger partial charge in [-0.1, -0.05) is 19.8 Å². The Kier molecular flexibility index (Phi) is 4.55. The lowest BCUT2D eigenvalue weighted by Gasteiger charge is -2.04. The third-order valence-corrected chi connectivity index (χ3v) is 1.93. The molecule has 0 spiro atoms. The van der Waals surface area contributed by atoms with Gasteiger partial charge in [0.15, 0.2) is 0 Å². The van der Waals surface area contributed by atoms with Crippen molar-refractivity contribution in [2.45, 2.75) is 33.1 Å². The predicted octanol–water partition coefficient (Wildman–Crippen LogP) is 2.23. The van der Waals surface area contributed by atoms with E-state index >= 15 is 0 Å². The van der Waals surface area contributed by atoms with Gasteiger partial charge >= 0.3 is 6.01 Å². The molecule has 0 atom stereocenters. The molecular weight excluding hydrogens is 190 g/mol. The first-order valence-corrected chi connectivity index (χ1v) is 5.15. The second kappa shape index (κ2) is 5.97. The molecule has 1 rings (SSSR count). The van der Waals surface area contributed by atoms with E-state index in [1.54, 1.807) is 6.07 Å². The SMILES string of the molecule is CCCCCOc1nc(C)cc(C#N)n1. The molecule has 1 aromatic heterocycles. The smallest absolute Gasteiger partial charge is 0.317 e. The molecule has 1 heterocycles. The summed E-state index contributed by atoms with van der Waals surface area (Å²) in [6.45, 7) is 4.57. The van der Waals surface area contributed by atoms with Gasteiger partial charge in [-0.25, -0.2) is 4.98 Å². The van der Waals surface area contributed by atoms with Gasteiger partial charge in [0.05, 0.1) is 6.61 Å². The van der Waals surface area contributed by atoms with Gasteiger partial charge in [-0.2, -0.15) is 10.2 Å². The largest absolute Gasteiger partial charge is 0.463 e. The number of nitriles is 1. The molecule has 0 aliphatic heterocycles. The van der Waals surface area contributed by atoms with Crippen LogP contribution in [0, 0.1) is 18.3 Å². The maximum atomic E-state index is 8.70. The van der Waals surface area contributed by atoms with Crippen LogP contribution in [0.15, 0.2) is 6.07 Å². The summed E-state index contributed by atoms with van der Waals surface area (Å²) < 4.78 is 5.36. The Morgan fingerprint density at radius 2 is 2.20 bits per heavy atom. The van der Waals surface area contributed by atoms with Gasteiger partial charge in [0.25, 0.3) is 0 Å². The minimum atomic E-state index is 0.308. The van der Waals surface area contributed by atoms with E-state index in [1.807, 2.05) is 13.0 Å². The molecule has 1 aromatic rings. The molecule has 0 N–H and O–H groups in total. The highest BCUT2D eigenvalue weighted by Gasteiger charge is 2.01. The first kappa shape index (κ1) is 11.4. The standard InChI is InChI=1S/C11H15N3O/c1-3-4-5-6-15-11-13-9(2)7-10(8-12)14-11/h7H,3-6H2,1-2H3. The van der Waals surface area contributed by atoms with Crippen LogP contribution in [0.3, 0.4) is 0 Å². The van der Waals surface area contributed by atoms with Gasteiger partial charge in [0, 0.05) is 5.69 Å².